The number of nitrogens with zero attached hydrogens (tertiary/aromatic N) is 1. The van der Waals surface area contributed by atoms with Gasteiger partial charge in [0.15, 0.2) is 0 Å². The predicted octanol–water partition coefficient (Wildman–Crippen LogP) is 5.61. The van der Waals surface area contributed by atoms with E-state index < -0.39 is 0 Å². The quantitative estimate of drug-likeness (QED) is 0.562. The summed E-state index contributed by atoms with van der Waals surface area (Å²) in [6.45, 7) is 0. The maximum atomic E-state index is 6.27. The predicted molar refractivity (Wildman–Crippen MR) is 87.2 cm³/mol. The molecule has 0 atom stereocenters. The molecule has 1 heterocycles. The summed E-state index contributed by atoms with van der Waals surface area (Å²) in [6.07, 6.45) is 0. The SMILES string of the molecule is Nc1c(Cl)cc(Cl)c(-c2nc3ccccc3s2)c1Br. The Morgan fingerprint density at radius 2 is 1.89 bits per heavy atom. The third kappa shape index (κ3) is 2.23. The van der Waals surface area contributed by atoms with Crippen LogP contribution in [0.15, 0.2) is 34.8 Å². The van der Waals surface area contributed by atoms with Gasteiger partial charge in [0.05, 0.1) is 30.4 Å². The summed E-state index contributed by atoms with van der Waals surface area (Å²) in [5.41, 5.74) is 8.12. The van der Waals surface area contributed by atoms with Crippen molar-refractivity contribution >= 4 is 66.4 Å². The monoisotopic (exact) mass is 372 g/mol. The minimum Gasteiger partial charge on any atom is -0.397 e. The summed E-state index contributed by atoms with van der Waals surface area (Å²) in [7, 11) is 0. The summed E-state index contributed by atoms with van der Waals surface area (Å²) < 4.78 is 1.79. The lowest BCUT2D eigenvalue weighted by atomic mass is 10.2. The highest BCUT2D eigenvalue weighted by molar-refractivity contribution is 9.10. The van der Waals surface area contributed by atoms with E-state index in [-0.39, 0.29) is 0 Å². The number of fused-ring (bicyclic) bond motifs is 1. The Bertz CT molecular complexity index is 753. The number of nitrogen functional groups attached to an aromatic ring is 1. The van der Waals surface area contributed by atoms with Crippen LogP contribution in [0.2, 0.25) is 10.0 Å². The van der Waals surface area contributed by atoms with Crippen LogP contribution in [-0.4, -0.2) is 4.98 Å². The first-order chi connectivity index (χ1) is 9.08. The van der Waals surface area contributed by atoms with Crippen LogP contribution in [0.4, 0.5) is 5.69 Å². The Balaban J connectivity index is 2.29. The van der Waals surface area contributed by atoms with Gasteiger partial charge in [-0.3, -0.25) is 0 Å². The number of thiazole rings is 1. The van der Waals surface area contributed by atoms with Crippen molar-refractivity contribution in [2.24, 2.45) is 0 Å². The van der Waals surface area contributed by atoms with Crippen molar-refractivity contribution in [3.63, 3.8) is 0 Å². The van der Waals surface area contributed by atoms with E-state index in [0.717, 1.165) is 20.8 Å². The lowest BCUT2D eigenvalue weighted by Crippen LogP contribution is -1.92. The number of anilines is 1. The number of hydrogen-bond acceptors (Lipinski definition) is 3. The van der Waals surface area contributed by atoms with Gasteiger partial charge in [-0.15, -0.1) is 11.3 Å². The average Bonchev–Trinajstić information content (AvgIpc) is 2.79. The molecule has 0 saturated heterocycles. The van der Waals surface area contributed by atoms with Crippen LogP contribution in [0.5, 0.6) is 0 Å². The summed E-state index contributed by atoms with van der Waals surface area (Å²) >= 11 is 17.3. The van der Waals surface area contributed by atoms with Gasteiger partial charge in [0.2, 0.25) is 0 Å². The van der Waals surface area contributed by atoms with E-state index in [9.17, 15) is 0 Å². The molecule has 0 bridgehead atoms. The number of hydrogen-bond donors (Lipinski definition) is 1. The van der Waals surface area contributed by atoms with Crippen LogP contribution in [0.25, 0.3) is 20.8 Å². The van der Waals surface area contributed by atoms with E-state index in [1.807, 2.05) is 24.3 Å². The molecule has 0 amide bonds. The lowest BCUT2D eigenvalue weighted by Gasteiger charge is -2.08. The molecule has 0 fully saturated rings. The number of rotatable bonds is 1. The van der Waals surface area contributed by atoms with Crippen molar-refractivity contribution in [3.05, 3.63) is 44.8 Å². The standard InChI is InChI=1S/C13H7BrCl2N2S/c14-11-10(6(15)5-7(16)12(11)17)13-18-8-3-1-2-4-9(8)19-13/h1-5H,17H2. The molecule has 1 aromatic heterocycles. The van der Waals surface area contributed by atoms with Crippen molar-refractivity contribution in [3.8, 4) is 10.6 Å². The zero-order valence-electron chi connectivity index (χ0n) is 9.45. The highest BCUT2D eigenvalue weighted by Gasteiger charge is 2.17. The molecule has 0 spiro atoms. The topological polar surface area (TPSA) is 38.9 Å². The van der Waals surface area contributed by atoms with Gasteiger partial charge in [0.25, 0.3) is 0 Å². The van der Waals surface area contributed by atoms with Crippen LogP contribution >= 0.6 is 50.5 Å². The number of benzene rings is 2. The summed E-state index contributed by atoms with van der Waals surface area (Å²) in [5.74, 6) is 0. The Kier molecular flexibility index (Phi) is 3.43. The Hall–Kier alpha value is -0.810. The second-order valence-electron chi connectivity index (χ2n) is 3.93. The van der Waals surface area contributed by atoms with Crippen LogP contribution < -0.4 is 5.73 Å². The number of aromatic nitrogens is 1. The molecule has 3 aromatic rings. The third-order valence-corrected chi connectivity index (χ3v) is 5.20. The van der Waals surface area contributed by atoms with Crippen LogP contribution in [0.1, 0.15) is 0 Å². The molecule has 2 N–H and O–H groups in total. The first-order valence-electron chi connectivity index (χ1n) is 5.37. The largest absolute Gasteiger partial charge is 0.397 e. The molecule has 0 aliphatic rings. The molecule has 0 aliphatic heterocycles. The fraction of sp³-hybridized carbons (Fsp3) is 0. The van der Waals surface area contributed by atoms with Gasteiger partial charge in [0, 0.05) is 5.56 Å². The Morgan fingerprint density at radius 1 is 1.16 bits per heavy atom. The van der Waals surface area contributed by atoms with Gasteiger partial charge >= 0.3 is 0 Å². The molecule has 0 radical (unpaired) electrons. The van der Waals surface area contributed by atoms with E-state index in [1.54, 1.807) is 17.4 Å². The van der Waals surface area contributed by atoms with E-state index in [2.05, 4.69) is 20.9 Å². The summed E-state index contributed by atoms with van der Waals surface area (Å²) in [5, 5.41) is 1.79. The Labute approximate surface area is 132 Å². The molecule has 2 nitrogen and oxygen atoms in total. The van der Waals surface area contributed by atoms with E-state index in [0.29, 0.717) is 20.2 Å². The van der Waals surface area contributed by atoms with Crippen molar-refractivity contribution in [2.75, 3.05) is 5.73 Å². The second-order valence-corrected chi connectivity index (χ2v) is 6.57. The van der Waals surface area contributed by atoms with Gasteiger partial charge < -0.3 is 5.73 Å². The van der Waals surface area contributed by atoms with Gasteiger partial charge in [-0.2, -0.15) is 0 Å². The van der Waals surface area contributed by atoms with Crippen molar-refractivity contribution in [2.45, 2.75) is 0 Å². The van der Waals surface area contributed by atoms with E-state index in [4.69, 9.17) is 28.9 Å². The molecular weight excluding hydrogens is 367 g/mol. The summed E-state index contributed by atoms with van der Waals surface area (Å²) in [4.78, 5) is 4.58. The second kappa shape index (κ2) is 4.94. The lowest BCUT2D eigenvalue weighted by molar-refractivity contribution is 1.46. The van der Waals surface area contributed by atoms with E-state index in [1.165, 1.54) is 0 Å². The number of nitrogens with two attached hydrogens (primary N) is 1. The zero-order chi connectivity index (χ0) is 13.6. The van der Waals surface area contributed by atoms with Crippen molar-refractivity contribution in [1.82, 2.24) is 4.98 Å². The molecule has 6 heteroatoms. The molecule has 0 saturated carbocycles. The maximum Gasteiger partial charge on any atom is 0.127 e. The van der Waals surface area contributed by atoms with Gasteiger partial charge in [-0.25, -0.2) is 4.98 Å². The van der Waals surface area contributed by atoms with Gasteiger partial charge in [-0.1, -0.05) is 35.3 Å². The van der Waals surface area contributed by atoms with Gasteiger partial charge in [0.1, 0.15) is 5.01 Å². The van der Waals surface area contributed by atoms with Crippen molar-refractivity contribution < 1.29 is 0 Å². The van der Waals surface area contributed by atoms with Crippen LogP contribution in [-0.2, 0) is 0 Å². The van der Waals surface area contributed by atoms with E-state index >= 15 is 0 Å². The minimum absolute atomic E-state index is 0.432. The average molecular weight is 374 g/mol. The normalized spacial score (nSPS) is 11.1. The third-order valence-electron chi connectivity index (χ3n) is 2.71. The highest BCUT2D eigenvalue weighted by Crippen LogP contribution is 2.44. The fourth-order valence-electron chi connectivity index (χ4n) is 1.78. The maximum absolute atomic E-state index is 6.27. The number of halogens is 3. The smallest absolute Gasteiger partial charge is 0.127 e. The molecule has 0 aliphatic carbocycles. The molecular formula is C13H7BrCl2N2S. The van der Waals surface area contributed by atoms with Crippen molar-refractivity contribution in [1.29, 1.82) is 0 Å². The van der Waals surface area contributed by atoms with Crippen LogP contribution in [0.3, 0.4) is 0 Å². The molecule has 96 valence electrons. The molecule has 19 heavy (non-hydrogen) atoms. The summed E-state index contributed by atoms with van der Waals surface area (Å²) in [6, 6.07) is 9.58. The highest BCUT2D eigenvalue weighted by atomic mass is 79.9. The van der Waals surface area contributed by atoms with Crippen LogP contribution in [0, 0.1) is 0 Å². The fourth-order valence-corrected chi connectivity index (χ4v) is 4.39. The molecule has 2 aromatic carbocycles. The Morgan fingerprint density at radius 3 is 2.63 bits per heavy atom. The first kappa shape index (κ1) is 13.2. The first-order valence-corrected chi connectivity index (χ1v) is 7.73. The molecule has 3 rings (SSSR count). The molecule has 0 unspecified atom stereocenters. The number of para-hydroxylation sites is 1. The van der Waals surface area contributed by atoms with Gasteiger partial charge in [-0.05, 0) is 34.1 Å². The minimum atomic E-state index is 0.432. The zero-order valence-corrected chi connectivity index (χ0v) is 13.4.